The first-order valence-corrected chi connectivity index (χ1v) is 10.1. The van der Waals surface area contributed by atoms with Gasteiger partial charge in [-0.2, -0.15) is 0 Å². The number of hydrogen-bond acceptors (Lipinski definition) is 5. The molecule has 2 aromatic rings. The molecule has 8 heteroatoms. The Morgan fingerprint density at radius 1 is 1.20 bits per heavy atom. The minimum atomic E-state index is -1.33. The minimum Gasteiger partial charge on any atom is -0.384 e. The van der Waals surface area contributed by atoms with Crippen LogP contribution in [0.4, 0.5) is 14.9 Å². The molecule has 0 bridgehead atoms. The van der Waals surface area contributed by atoms with Crippen molar-refractivity contribution in [3.63, 3.8) is 0 Å². The van der Waals surface area contributed by atoms with Crippen LogP contribution in [0.2, 0.25) is 0 Å². The van der Waals surface area contributed by atoms with Crippen LogP contribution in [0, 0.1) is 16.6 Å². The standard InChI is InChI=1S/C22H27FN4O3/c1-20(2)12-27(19(29)26-18(20)28)13-9-14-16(25-10-13)6-5-15(17(14)23)22(30)7-8-24-11-21(22,3)4/h5-6,9-10,24,30H,7-8,11-12H2,1-4H3,(H,26,28,29). The van der Waals surface area contributed by atoms with Gasteiger partial charge in [-0.15, -0.1) is 0 Å². The van der Waals surface area contributed by atoms with E-state index in [-0.39, 0.29) is 23.4 Å². The number of fused-ring (bicyclic) bond motifs is 1. The van der Waals surface area contributed by atoms with Gasteiger partial charge in [0, 0.05) is 29.5 Å². The zero-order valence-corrected chi connectivity index (χ0v) is 17.7. The number of aliphatic hydroxyl groups is 1. The van der Waals surface area contributed by atoms with Gasteiger partial charge in [-0.1, -0.05) is 19.9 Å². The highest BCUT2D eigenvalue weighted by atomic mass is 19.1. The monoisotopic (exact) mass is 414 g/mol. The van der Waals surface area contributed by atoms with Gasteiger partial charge >= 0.3 is 6.03 Å². The Morgan fingerprint density at radius 3 is 2.63 bits per heavy atom. The molecule has 160 valence electrons. The second-order valence-corrected chi connectivity index (χ2v) is 9.59. The van der Waals surface area contributed by atoms with Crippen molar-refractivity contribution < 1.29 is 19.1 Å². The van der Waals surface area contributed by atoms with Gasteiger partial charge in [-0.3, -0.25) is 20.0 Å². The van der Waals surface area contributed by atoms with Crippen molar-refractivity contribution in [1.82, 2.24) is 15.6 Å². The molecule has 2 aliphatic heterocycles. The van der Waals surface area contributed by atoms with Crippen molar-refractivity contribution in [2.24, 2.45) is 10.8 Å². The van der Waals surface area contributed by atoms with Crippen LogP contribution in [-0.2, 0) is 10.4 Å². The van der Waals surface area contributed by atoms with Gasteiger partial charge in [-0.25, -0.2) is 9.18 Å². The fourth-order valence-electron chi connectivity index (χ4n) is 4.36. The Hall–Kier alpha value is -2.58. The topological polar surface area (TPSA) is 94.6 Å². The van der Waals surface area contributed by atoms with E-state index in [1.165, 1.54) is 11.1 Å². The number of rotatable bonds is 2. The van der Waals surface area contributed by atoms with Crippen LogP contribution in [0.25, 0.3) is 10.9 Å². The first-order chi connectivity index (χ1) is 14.0. The number of benzene rings is 1. The summed E-state index contributed by atoms with van der Waals surface area (Å²) in [5, 5.41) is 17.3. The molecule has 3 amide bonds. The molecule has 2 fully saturated rings. The smallest absolute Gasteiger partial charge is 0.328 e. The Bertz CT molecular complexity index is 1050. The average Bonchev–Trinajstić information content (AvgIpc) is 2.67. The van der Waals surface area contributed by atoms with Crippen LogP contribution >= 0.6 is 0 Å². The molecule has 30 heavy (non-hydrogen) atoms. The summed E-state index contributed by atoms with van der Waals surface area (Å²) in [5.41, 5.74) is -1.61. The largest absolute Gasteiger partial charge is 0.384 e. The van der Waals surface area contributed by atoms with Crippen molar-refractivity contribution in [2.45, 2.75) is 39.7 Å². The van der Waals surface area contributed by atoms with Crippen LogP contribution in [0.15, 0.2) is 24.4 Å². The Kier molecular flexibility index (Phi) is 4.63. The van der Waals surface area contributed by atoms with Crippen LogP contribution < -0.4 is 15.5 Å². The van der Waals surface area contributed by atoms with Crippen molar-refractivity contribution >= 4 is 28.5 Å². The molecule has 0 radical (unpaired) electrons. The predicted octanol–water partition coefficient (Wildman–Crippen LogP) is 2.66. The summed E-state index contributed by atoms with van der Waals surface area (Å²) in [7, 11) is 0. The molecule has 4 rings (SSSR count). The fourth-order valence-corrected chi connectivity index (χ4v) is 4.36. The number of carbonyl (C=O) groups excluding carboxylic acids is 2. The van der Waals surface area contributed by atoms with Crippen molar-refractivity contribution in [2.75, 3.05) is 24.5 Å². The highest BCUT2D eigenvalue weighted by molar-refractivity contribution is 6.08. The van der Waals surface area contributed by atoms with Crippen LogP contribution in [0.3, 0.4) is 0 Å². The van der Waals surface area contributed by atoms with E-state index in [2.05, 4.69) is 15.6 Å². The third kappa shape index (κ3) is 3.06. The summed E-state index contributed by atoms with van der Waals surface area (Å²) >= 11 is 0. The highest BCUT2D eigenvalue weighted by Gasteiger charge is 2.48. The lowest BCUT2D eigenvalue weighted by Crippen LogP contribution is -2.58. The zero-order chi connectivity index (χ0) is 21.9. The summed E-state index contributed by atoms with van der Waals surface area (Å²) in [6, 6.07) is 4.30. The number of nitrogens with one attached hydrogen (secondary N) is 2. The number of aromatic nitrogens is 1. The number of urea groups is 1. The lowest BCUT2D eigenvalue weighted by Gasteiger charge is -2.47. The Balaban J connectivity index is 1.81. The third-order valence-electron chi connectivity index (χ3n) is 6.53. The fraction of sp³-hybridized carbons (Fsp3) is 0.500. The molecule has 2 saturated heterocycles. The lowest BCUT2D eigenvalue weighted by atomic mass is 9.67. The SMILES string of the molecule is CC1(C)CN(c2cnc3ccc(C4(O)CCNCC4(C)C)c(F)c3c2)C(=O)NC1=O. The molecule has 3 heterocycles. The Morgan fingerprint density at radius 2 is 1.93 bits per heavy atom. The number of piperidine rings is 1. The van der Waals surface area contributed by atoms with Crippen LogP contribution in [-0.4, -0.2) is 41.7 Å². The van der Waals surface area contributed by atoms with E-state index in [0.717, 1.165) is 0 Å². The number of amides is 3. The molecule has 2 aliphatic rings. The lowest BCUT2D eigenvalue weighted by molar-refractivity contribution is -0.128. The van der Waals surface area contributed by atoms with Gasteiger partial charge in [0.25, 0.3) is 0 Å². The van der Waals surface area contributed by atoms with E-state index >= 15 is 4.39 Å². The molecule has 0 aliphatic carbocycles. The number of imide groups is 1. The van der Waals surface area contributed by atoms with Crippen LogP contribution in [0.5, 0.6) is 0 Å². The maximum atomic E-state index is 15.7. The third-order valence-corrected chi connectivity index (χ3v) is 6.53. The van der Waals surface area contributed by atoms with Gasteiger partial charge in [0.1, 0.15) is 5.82 Å². The first-order valence-electron chi connectivity index (χ1n) is 10.1. The zero-order valence-electron chi connectivity index (χ0n) is 17.7. The molecule has 1 aromatic heterocycles. The number of halogens is 1. The van der Waals surface area contributed by atoms with E-state index in [1.54, 1.807) is 32.0 Å². The second-order valence-electron chi connectivity index (χ2n) is 9.59. The van der Waals surface area contributed by atoms with Gasteiger partial charge in [0.15, 0.2) is 0 Å². The number of hydrogen-bond donors (Lipinski definition) is 3. The molecule has 3 N–H and O–H groups in total. The molecule has 1 aromatic carbocycles. The van der Waals surface area contributed by atoms with Gasteiger partial charge in [-0.05, 0) is 38.9 Å². The van der Waals surface area contributed by atoms with Gasteiger partial charge in [0.05, 0.1) is 28.4 Å². The van der Waals surface area contributed by atoms with E-state index in [0.29, 0.717) is 30.7 Å². The minimum absolute atomic E-state index is 0.162. The first kappa shape index (κ1) is 20.7. The van der Waals surface area contributed by atoms with Crippen molar-refractivity contribution in [3.8, 4) is 0 Å². The van der Waals surface area contributed by atoms with E-state index < -0.39 is 28.3 Å². The summed E-state index contributed by atoms with van der Waals surface area (Å²) in [6.45, 7) is 8.62. The molecule has 0 saturated carbocycles. The quantitative estimate of drug-likeness (QED) is 0.702. The number of carbonyl (C=O) groups is 2. The van der Waals surface area contributed by atoms with E-state index in [4.69, 9.17) is 0 Å². The maximum absolute atomic E-state index is 15.7. The number of nitrogens with zero attached hydrogens (tertiary/aromatic N) is 2. The van der Waals surface area contributed by atoms with Gasteiger partial charge < -0.3 is 10.4 Å². The maximum Gasteiger partial charge on any atom is 0.328 e. The molecule has 1 unspecified atom stereocenters. The average molecular weight is 414 g/mol. The molecule has 1 atom stereocenters. The molecular weight excluding hydrogens is 387 g/mol. The highest BCUT2D eigenvalue weighted by Crippen LogP contribution is 2.45. The molecule has 7 nitrogen and oxygen atoms in total. The summed E-state index contributed by atoms with van der Waals surface area (Å²) < 4.78 is 15.7. The van der Waals surface area contributed by atoms with Crippen LogP contribution in [0.1, 0.15) is 39.7 Å². The van der Waals surface area contributed by atoms with Crippen molar-refractivity contribution in [1.29, 1.82) is 0 Å². The summed E-state index contributed by atoms with van der Waals surface area (Å²) in [5.74, 6) is -0.881. The molecular formula is C22H27FN4O3. The normalized spacial score (nSPS) is 26.0. The Labute approximate surface area is 174 Å². The summed E-state index contributed by atoms with van der Waals surface area (Å²) in [6.07, 6.45) is 1.89. The van der Waals surface area contributed by atoms with Crippen molar-refractivity contribution in [3.05, 3.63) is 35.8 Å². The van der Waals surface area contributed by atoms with Gasteiger partial charge in [0.2, 0.25) is 5.91 Å². The molecule has 0 spiro atoms. The van der Waals surface area contributed by atoms with E-state index in [1.807, 2.05) is 13.8 Å². The summed E-state index contributed by atoms with van der Waals surface area (Å²) in [4.78, 5) is 30.1. The number of anilines is 1. The second kappa shape index (κ2) is 6.72. The van der Waals surface area contributed by atoms with E-state index in [9.17, 15) is 14.7 Å². The predicted molar refractivity (Wildman–Crippen MR) is 112 cm³/mol. The number of pyridine rings is 1.